The van der Waals surface area contributed by atoms with Gasteiger partial charge in [-0.2, -0.15) is 5.10 Å². The maximum atomic E-state index is 13.0. The maximum Gasteiger partial charge on any atom is 0.247 e. The molecule has 0 saturated carbocycles. The second-order valence-electron chi connectivity index (χ2n) is 8.17. The SMILES string of the molecule is Cc1ccc(Cn2cc(NC(=O)C3CCC(=O)N3Cc3ccc4c(c3)OCO4)cn2)cc1. The number of amides is 2. The molecule has 164 valence electrons. The van der Waals surface area contributed by atoms with Gasteiger partial charge in [-0.3, -0.25) is 14.3 Å². The molecule has 8 nitrogen and oxygen atoms in total. The molecule has 1 unspecified atom stereocenters. The first-order valence-corrected chi connectivity index (χ1v) is 10.6. The molecule has 1 fully saturated rings. The van der Waals surface area contributed by atoms with Gasteiger partial charge >= 0.3 is 0 Å². The summed E-state index contributed by atoms with van der Waals surface area (Å²) in [4.78, 5) is 27.1. The van der Waals surface area contributed by atoms with Crippen molar-refractivity contribution in [3.05, 3.63) is 71.5 Å². The third-order valence-corrected chi connectivity index (χ3v) is 5.79. The lowest BCUT2D eigenvalue weighted by Gasteiger charge is -2.24. The zero-order valence-corrected chi connectivity index (χ0v) is 17.8. The molecular formula is C24H24N4O4. The van der Waals surface area contributed by atoms with Crippen molar-refractivity contribution in [2.24, 2.45) is 0 Å². The van der Waals surface area contributed by atoms with Crippen molar-refractivity contribution in [1.82, 2.24) is 14.7 Å². The van der Waals surface area contributed by atoms with Crippen LogP contribution in [0.4, 0.5) is 5.69 Å². The molecule has 2 aromatic carbocycles. The molecule has 1 atom stereocenters. The van der Waals surface area contributed by atoms with Crippen LogP contribution in [0.15, 0.2) is 54.9 Å². The molecule has 0 aliphatic carbocycles. The van der Waals surface area contributed by atoms with E-state index in [9.17, 15) is 9.59 Å². The minimum atomic E-state index is -0.520. The second kappa shape index (κ2) is 8.37. The van der Waals surface area contributed by atoms with Gasteiger partial charge in [0.25, 0.3) is 0 Å². The van der Waals surface area contributed by atoms with Gasteiger partial charge < -0.3 is 19.7 Å². The molecule has 2 aliphatic rings. The van der Waals surface area contributed by atoms with E-state index in [4.69, 9.17) is 9.47 Å². The van der Waals surface area contributed by atoms with E-state index in [0.717, 1.165) is 11.1 Å². The van der Waals surface area contributed by atoms with Crippen molar-refractivity contribution in [3.8, 4) is 11.5 Å². The van der Waals surface area contributed by atoms with E-state index in [0.29, 0.717) is 43.1 Å². The van der Waals surface area contributed by atoms with Gasteiger partial charge in [0.2, 0.25) is 18.6 Å². The summed E-state index contributed by atoms with van der Waals surface area (Å²) in [6.07, 6.45) is 4.28. The number of aromatic nitrogens is 2. The quantitative estimate of drug-likeness (QED) is 0.647. The molecule has 3 aromatic rings. The summed E-state index contributed by atoms with van der Waals surface area (Å²) in [6, 6.07) is 13.3. The molecule has 2 aliphatic heterocycles. The fraction of sp³-hybridized carbons (Fsp3) is 0.292. The average molecular weight is 432 g/mol. The number of nitrogens with zero attached hydrogens (tertiary/aromatic N) is 3. The van der Waals surface area contributed by atoms with Crippen LogP contribution in [-0.4, -0.2) is 39.3 Å². The summed E-state index contributed by atoms with van der Waals surface area (Å²) >= 11 is 0. The fourth-order valence-electron chi connectivity index (χ4n) is 4.06. The Morgan fingerprint density at radius 2 is 1.88 bits per heavy atom. The molecule has 0 spiro atoms. The molecule has 1 saturated heterocycles. The number of carbonyl (C=O) groups is 2. The molecule has 2 amide bonds. The number of hydrogen-bond donors (Lipinski definition) is 1. The highest BCUT2D eigenvalue weighted by molar-refractivity contribution is 5.98. The number of carbonyl (C=O) groups excluding carboxylic acids is 2. The number of hydrogen-bond acceptors (Lipinski definition) is 5. The van der Waals surface area contributed by atoms with E-state index in [1.165, 1.54) is 5.56 Å². The van der Waals surface area contributed by atoms with E-state index in [1.807, 2.05) is 18.2 Å². The molecule has 0 bridgehead atoms. The van der Waals surface area contributed by atoms with Crippen LogP contribution < -0.4 is 14.8 Å². The lowest BCUT2D eigenvalue weighted by Crippen LogP contribution is -2.41. The Kier molecular flexibility index (Phi) is 5.26. The summed E-state index contributed by atoms with van der Waals surface area (Å²) in [5, 5.41) is 7.26. The van der Waals surface area contributed by atoms with Gasteiger partial charge in [-0.05, 0) is 36.6 Å². The van der Waals surface area contributed by atoms with Crippen LogP contribution in [0, 0.1) is 6.92 Å². The molecule has 8 heteroatoms. The topological polar surface area (TPSA) is 85.7 Å². The largest absolute Gasteiger partial charge is 0.454 e. The number of anilines is 1. The molecule has 1 N–H and O–H groups in total. The summed E-state index contributed by atoms with van der Waals surface area (Å²) in [5.41, 5.74) is 3.85. The van der Waals surface area contributed by atoms with Gasteiger partial charge in [0.1, 0.15) is 6.04 Å². The van der Waals surface area contributed by atoms with Crippen LogP contribution in [-0.2, 0) is 22.7 Å². The number of aryl methyl sites for hydroxylation is 1. The molecule has 5 rings (SSSR count). The molecule has 3 heterocycles. The normalized spacial score (nSPS) is 17.1. The zero-order chi connectivity index (χ0) is 22.1. The number of nitrogens with one attached hydrogen (secondary N) is 1. The smallest absolute Gasteiger partial charge is 0.247 e. The van der Waals surface area contributed by atoms with Crippen LogP contribution in [0.1, 0.15) is 29.5 Å². The summed E-state index contributed by atoms with van der Waals surface area (Å²) in [6.45, 7) is 3.22. The number of rotatable bonds is 6. The van der Waals surface area contributed by atoms with E-state index in [2.05, 4.69) is 41.6 Å². The highest BCUT2D eigenvalue weighted by Gasteiger charge is 2.36. The first kappa shape index (κ1) is 20.1. The van der Waals surface area contributed by atoms with Crippen LogP contribution in [0.25, 0.3) is 0 Å². The number of benzene rings is 2. The number of likely N-dealkylation sites (tertiary alicyclic amines) is 1. The Bertz CT molecular complexity index is 1160. The van der Waals surface area contributed by atoms with Gasteiger partial charge in [-0.1, -0.05) is 35.9 Å². The Morgan fingerprint density at radius 3 is 2.72 bits per heavy atom. The Labute approximate surface area is 185 Å². The minimum Gasteiger partial charge on any atom is -0.454 e. The van der Waals surface area contributed by atoms with Crippen LogP contribution in [0.3, 0.4) is 0 Å². The Morgan fingerprint density at radius 1 is 1.09 bits per heavy atom. The van der Waals surface area contributed by atoms with Crippen LogP contribution in [0.2, 0.25) is 0 Å². The predicted molar refractivity (Wildman–Crippen MR) is 117 cm³/mol. The average Bonchev–Trinajstić information content (AvgIpc) is 3.51. The summed E-state index contributed by atoms with van der Waals surface area (Å²) in [5.74, 6) is 1.12. The molecule has 32 heavy (non-hydrogen) atoms. The van der Waals surface area contributed by atoms with Crippen molar-refractivity contribution in [2.75, 3.05) is 12.1 Å². The van der Waals surface area contributed by atoms with E-state index >= 15 is 0 Å². The molecule has 1 aromatic heterocycles. The molecular weight excluding hydrogens is 408 g/mol. The highest BCUT2D eigenvalue weighted by Crippen LogP contribution is 2.33. The minimum absolute atomic E-state index is 0.0297. The van der Waals surface area contributed by atoms with Gasteiger partial charge in [0.15, 0.2) is 11.5 Å². The van der Waals surface area contributed by atoms with Gasteiger partial charge in [-0.15, -0.1) is 0 Å². The standard InChI is InChI=1S/C24H24N4O4/c1-16-2-4-17(5-3-16)12-27-14-19(11-25-27)26-24(30)20-7-9-23(29)28(20)13-18-6-8-21-22(10-18)32-15-31-21/h2-6,8,10-11,14,20H,7,9,12-13,15H2,1H3,(H,26,30). The third-order valence-electron chi connectivity index (χ3n) is 5.79. The summed E-state index contributed by atoms with van der Waals surface area (Å²) < 4.78 is 12.5. The van der Waals surface area contributed by atoms with Gasteiger partial charge in [-0.25, -0.2) is 0 Å². The van der Waals surface area contributed by atoms with E-state index in [-0.39, 0.29) is 18.6 Å². The first-order valence-electron chi connectivity index (χ1n) is 10.6. The van der Waals surface area contributed by atoms with E-state index in [1.54, 1.807) is 22.0 Å². The lowest BCUT2D eigenvalue weighted by molar-refractivity contribution is -0.133. The number of ether oxygens (including phenoxy) is 2. The lowest BCUT2D eigenvalue weighted by atomic mass is 10.1. The van der Waals surface area contributed by atoms with Crippen molar-refractivity contribution >= 4 is 17.5 Å². The summed E-state index contributed by atoms with van der Waals surface area (Å²) in [7, 11) is 0. The first-order chi connectivity index (χ1) is 15.5. The maximum absolute atomic E-state index is 13.0. The van der Waals surface area contributed by atoms with Crippen LogP contribution >= 0.6 is 0 Å². The highest BCUT2D eigenvalue weighted by atomic mass is 16.7. The second-order valence-corrected chi connectivity index (χ2v) is 8.17. The van der Waals surface area contributed by atoms with Crippen molar-refractivity contribution in [1.29, 1.82) is 0 Å². The van der Waals surface area contributed by atoms with Crippen molar-refractivity contribution in [2.45, 2.75) is 38.9 Å². The number of fused-ring (bicyclic) bond motifs is 1. The van der Waals surface area contributed by atoms with Crippen LogP contribution in [0.5, 0.6) is 11.5 Å². The Hall–Kier alpha value is -3.81. The predicted octanol–water partition coefficient (Wildman–Crippen LogP) is 3.10. The Balaban J connectivity index is 1.24. The van der Waals surface area contributed by atoms with Gasteiger partial charge in [0, 0.05) is 19.2 Å². The van der Waals surface area contributed by atoms with Crippen molar-refractivity contribution in [3.63, 3.8) is 0 Å². The monoisotopic (exact) mass is 432 g/mol. The zero-order valence-electron chi connectivity index (χ0n) is 17.8. The van der Waals surface area contributed by atoms with Gasteiger partial charge in [0.05, 0.1) is 18.4 Å². The van der Waals surface area contributed by atoms with Crippen molar-refractivity contribution < 1.29 is 19.1 Å². The fourth-order valence-corrected chi connectivity index (χ4v) is 4.06. The van der Waals surface area contributed by atoms with E-state index < -0.39 is 6.04 Å². The third kappa shape index (κ3) is 4.16. The molecule has 0 radical (unpaired) electrons.